The first-order valence-corrected chi connectivity index (χ1v) is 7.91. The van der Waals surface area contributed by atoms with E-state index in [9.17, 15) is 14.4 Å². The minimum Gasteiger partial charge on any atom is -0.345 e. The molecule has 120 valence electrons. The van der Waals surface area contributed by atoms with E-state index in [1.165, 1.54) is 18.7 Å². The Hall–Kier alpha value is -2.95. The monoisotopic (exact) mass is 320 g/mol. The fourth-order valence-electron chi connectivity index (χ4n) is 3.45. The first-order chi connectivity index (χ1) is 11.6. The number of carbonyl (C=O) groups excluding carboxylic acids is 3. The number of hydrogen-bond donors (Lipinski definition) is 1. The average Bonchev–Trinajstić information content (AvgIpc) is 3.10. The summed E-state index contributed by atoms with van der Waals surface area (Å²) >= 11 is 0. The Balaban J connectivity index is 1.59. The molecule has 24 heavy (non-hydrogen) atoms. The van der Waals surface area contributed by atoms with Gasteiger partial charge in [0, 0.05) is 12.6 Å². The first kappa shape index (κ1) is 14.6. The zero-order chi connectivity index (χ0) is 16.8. The third-order valence-corrected chi connectivity index (χ3v) is 4.79. The summed E-state index contributed by atoms with van der Waals surface area (Å²) in [5.74, 6) is -0.920. The van der Waals surface area contributed by atoms with Crippen LogP contribution >= 0.6 is 0 Å². The van der Waals surface area contributed by atoms with E-state index in [0.717, 1.165) is 23.3 Å². The van der Waals surface area contributed by atoms with E-state index in [1.807, 2.05) is 18.2 Å². The Morgan fingerprint density at radius 3 is 2.67 bits per heavy atom. The van der Waals surface area contributed by atoms with E-state index in [0.29, 0.717) is 16.7 Å². The Morgan fingerprint density at radius 2 is 1.83 bits per heavy atom. The van der Waals surface area contributed by atoms with Gasteiger partial charge in [-0.2, -0.15) is 0 Å². The van der Waals surface area contributed by atoms with Gasteiger partial charge in [-0.15, -0.1) is 0 Å². The third kappa shape index (κ3) is 2.12. The lowest BCUT2D eigenvalue weighted by Gasteiger charge is -2.14. The molecule has 5 heteroatoms. The second-order valence-electron chi connectivity index (χ2n) is 6.19. The fraction of sp³-hybridized carbons (Fsp3) is 0.211. The van der Waals surface area contributed by atoms with Crippen molar-refractivity contribution in [2.24, 2.45) is 0 Å². The van der Waals surface area contributed by atoms with Gasteiger partial charge in [-0.05, 0) is 42.2 Å². The van der Waals surface area contributed by atoms with Crippen LogP contribution in [-0.2, 0) is 6.42 Å². The van der Waals surface area contributed by atoms with Gasteiger partial charge in [0.15, 0.2) is 0 Å². The number of benzene rings is 2. The van der Waals surface area contributed by atoms with Gasteiger partial charge in [-0.25, -0.2) is 0 Å². The quantitative estimate of drug-likeness (QED) is 0.864. The lowest BCUT2D eigenvalue weighted by molar-refractivity contribution is 0.0693. The summed E-state index contributed by atoms with van der Waals surface area (Å²) in [7, 11) is 1.44. The molecule has 1 heterocycles. The maximum Gasteiger partial charge on any atom is 0.261 e. The lowest BCUT2D eigenvalue weighted by Crippen LogP contribution is -2.27. The highest BCUT2D eigenvalue weighted by molar-refractivity contribution is 6.21. The van der Waals surface area contributed by atoms with Crippen molar-refractivity contribution in [1.29, 1.82) is 0 Å². The van der Waals surface area contributed by atoms with Crippen molar-refractivity contribution >= 4 is 17.7 Å². The number of aryl methyl sites for hydroxylation is 1. The number of amides is 3. The second-order valence-corrected chi connectivity index (χ2v) is 6.19. The normalized spacial score (nSPS) is 18.5. The standard InChI is InChI=1S/C19H16N2O3/c1-21-18(23)14-8-6-12(10-15(14)19(21)24)17(22)20-16-9-7-11-4-2-3-5-13(11)16/h2-6,8,10,16H,7,9H2,1H3,(H,20,22). The number of hydrogen-bond acceptors (Lipinski definition) is 3. The van der Waals surface area contributed by atoms with Crippen molar-refractivity contribution in [3.05, 3.63) is 70.3 Å². The summed E-state index contributed by atoms with van der Waals surface area (Å²) in [6.45, 7) is 0. The molecular weight excluding hydrogens is 304 g/mol. The first-order valence-electron chi connectivity index (χ1n) is 7.91. The van der Waals surface area contributed by atoms with Gasteiger partial charge in [0.25, 0.3) is 17.7 Å². The minimum atomic E-state index is -0.365. The van der Waals surface area contributed by atoms with Crippen LogP contribution in [0.1, 0.15) is 54.7 Å². The fourth-order valence-corrected chi connectivity index (χ4v) is 3.45. The second kappa shape index (κ2) is 5.30. The number of rotatable bonds is 2. The Labute approximate surface area is 139 Å². The van der Waals surface area contributed by atoms with Crippen LogP contribution in [0.4, 0.5) is 0 Å². The van der Waals surface area contributed by atoms with Gasteiger partial charge < -0.3 is 5.32 Å². The predicted octanol–water partition coefficient (Wildman–Crippen LogP) is 2.33. The molecule has 2 aromatic rings. The minimum absolute atomic E-state index is 0.0121. The van der Waals surface area contributed by atoms with E-state index < -0.39 is 0 Å². The van der Waals surface area contributed by atoms with Crippen LogP contribution in [0, 0.1) is 0 Å². The summed E-state index contributed by atoms with van der Waals surface area (Å²) in [4.78, 5) is 37.6. The van der Waals surface area contributed by atoms with Crippen LogP contribution in [0.25, 0.3) is 0 Å². The Bertz CT molecular complexity index is 888. The molecule has 4 rings (SSSR count). The summed E-state index contributed by atoms with van der Waals surface area (Å²) in [6.07, 6.45) is 1.82. The number of nitrogens with one attached hydrogen (secondary N) is 1. The SMILES string of the molecule is CN1C(=O)c2ccc(C(=O)NC3CCc4ccccc43)cc2C1=O. The van der Waals surface area contributed by atoms with Crippen LogP contribution in [0.15, 0.2) is 42.5 Å². The van der Waals surface area contributed by atoms with E-state index in [1.54, 1.807) is 12.1 Å². The predicted molar refractivity (Wildman–Crippen MR) is 87.8 cm³/mol. The average molecular weight is 320 g/mol. The lowest BCUT2D eigenvalue weighted by atomic mass is 10.0. The van der Waals surface area contributed by atoms with E-state index in [-0.39, 0.29) is 23.8 Å². The molecule has 0 aromatic heterocycles. The molecule has 0 radical (unpaired) electrons. The molecular formula is C19H16N2O3. The number of nitrogens with zero attached hydrogens (tertiary/aromatic N) is 1. The van der Waals surface area contributed by atoms with Crippen molar-refractivity contribution in [3.8, 4) is 0 Å². The molecule has 2 aromatic carbocycles. The molecule has 0 fully saturated rings. The summed E-state index contributed by atoms with van der Waals surface area (Å²) < 4.78 is 0. The van der Waals surface area contributed by atoms with Crippen LogP contribution < -0.4 is 5.32 Å². The zero-order valence-electron chi connectivity index (χ0n) is 13.2. The Morgan fingerprint density at radius 1 is 1.08 bits per heavy atom. The number of imide groups is 1. The van der Waals surface area contributed by atoms with Crippen LogP contribution in [-0.4, -0.2) is 29.7 Å². The molecule has 2 aliphatic rings. The maximum absolute atomic E-state index is 12.6. The zero-order valence-corrected chi connectivity index (χ0v) is 13.2. The molecule has 1 N–H and O–H groups in total. The number of carbonyl (C=O) groups is 3. The summed E-state index contributed by atoms with van der Waals surface area (Å²) in [5.41, 5.74) is 3.46. The molecule has 0 spiro atoms. The highest BCUT2D eigenvalue weighted by atomic mass is 16.2. The van der Waals surface area contributed by atoms with Gasteiger partial charge in [0.1, 0.15) is 0 Å². The Kier molecular flexibility index (Phi) is 3.23. The summed E-state index contributed by atoms with van der Waals surface area (Å²) in [5, 5.41) is 3.03. The smallest absolute Gasteiger partial charge is 0.261 e. The number of fused-ring (bicyclic) bond motifs is 2. The van der Waals surface area contributed by atoms with Crippen LogP contribution in [0.5, 0.6) is 0 Å². The van der Waals surface area contributed by atoms with Crippen LogP contribution in [0.3, 0.4) is 0 Å². The highest BCUT2D eigenvalue weighted by Crippen LogP contribution is 2.31. The van der Waals surface area contributed by atoms with E-state index >= 15 is 0 Å². The third-order valence-electron chi connectivity index (χ3n) is 4.79. The molecule has 1 aliphatic heterocycles. The van der Waals surface area contributed by atoms with Gasteiger partial charge in [0.05, 0.1) is 17.2 Å². The molecule has 0 bridgehead atoms. The van der Waals surface area contributed by atoms with E-state index in [2.05, 4.69) is 11.4 Å². The summed E-state index contributed by atoms with van der Waals surface area (Å²) in [6, 6.07) is 12.7. The van der Waals surface area contributed by atoms with Gasteiger partial charge in [-0.1, -0.05) is 24.3 Å². The highest BCUT2D eigenvalue weighted by Gasteiger charge is 2.33. The van der Waals surface area contributed by atoms with Crippen molar-refractivity contribution < 1.29 is 14.4 Å². The van der Waals surface area contributed by atoms with Crippen molar-refractivity contribution in [1.82, 2.24) is 10.2 Å². The molecule has 5 nitrogen and oxygen atoms in total. The molecule has 3 amide bonds. The van der Waals surface area contributed by atoms with Crippen molar-refractivity contribution in [2.45, 2.75) is 18.9 Å². The maximum atomic E-state index is 12.6. The topological polar surface area (TPSA) is 66.5 Å². The van der Waals surface area contributed by atoms with Crippen molar-refractivity contribution in [2.75, 3.05) is 7.05 Å². The molecule has 1 atom stereocenters. The molecule has 1 aliphatic carbocycles. The van der Waals surface area contributed by atoms with E-state index in [4.69, 9.17) is 0 Å². The molecule has 0 saturated heterocycles. The van der Waals surface area contributed by atoms with Gasteiger partial charge in [0.2, 0.25) is 0 Å². The van der Waals surface area contributed by atoms with Gasteiger partial charge in [-0.3, -0.25) is 19.3 Å². The molecule has 1 unspecified atom stereocenters. The van der Waals surface area contributed by atoms with Crippen LogP contribution in [0.2, 0.25) is 0 Å². The van der Waals surface area contributed by atoms with Crippen molar-refractivity contribution in [3.63, 3.8) is 0 Å². The largest absolute Gasteiger partial charge is 0.345 e. The van der Waals surface area contributed by atoms with Gasteiger partial charge >= 0.3 is 0 Å². The molecule has 0 saturated carbocycles.